The summed E-state index contributed by atoms with van der Waals surface area (Å²) in [7, 11) is 0. The van der Waals surface area contributed by atoms with Crippen LogP contribution >= 0.6 is 0 Å². The molecule has 19 heavy (non-hydrogen) atoms. The quantitative estimate of drug-likeness (QED) is 0.807. The Bertz CT molecular complexity index is 568. The van der Waals surface area contributed by atoms with Crippen molar-refractivity contribution in [1.82, 2.24) is 0 Å². The highest BCUT2D eigenvalue weighted by Gasteiger charge is 2.12. The summed E-state index contributed by atoms with van der Waals surface area (Å²) >= 11 is 0. The molecule has 0 amide bonds. The van der Waals surface area contributed by atoms with Crippen molar-refractivity contribution >= 4 is 5.69 Å². The minimum atomic E-state index is -0.460. The summed E-state index contributed by atoms with van der Waals surface area (Å²) in [5.41, 5.74) is 6.84. The van der Waals surface area contributed by atoms with Gasteiger partial charge in [0.25, 0.3) is 0 Å². The molecule has 0 aromatic heterocycles. The summed E-state index contributed by atoms with van der Waals surface area (Å²) in [5, 5.41) is 0. The van der Waals surface area contributed by atoms with Crippen molar-refractivity contribution in [3.63, 3.8) is 0 Å². The number of hydrogen-bond acceptors (Lipinski definition) is 2. The van der Waals surface area contributed by atoms with Crippen LogP contribution in [0.2, 0.25) is 0 Å². The van der Waals surface area contributed by atoms with E-state index in [9.17, 15) is 4.39 Å². The van der Waals surface area contributed by atoms with Gasteiger partial charge in [-0.3, -0.25) is 0 Å². The maximum absolute atomic E-state index is 13.4. The monoisotopic (exact) mass is 259 g/mol. The first-order valence-corrected chi connectivity index (χ1v) is 6.44. The van der Waals surface area contributed by atoms with Gasteiger partial charge in [-0.15, -0.1) is 0 Å². The van der Waals surface area contributed by atoms with Crippen LogP contribution in [0.1, 0.15) is 31.7 Å². The van der Waals surface area contributed by atoms with Crippen LogP contribution in [0.4, 0.5) is 10.1 Å². The highest BCUT2D eigenvalue weighted by atomic mass is 19.1. The van der Waals surface area contributed by atoms with Gasteiger partial charge in [0.05, 0.1) is 0 Å². The largest absolute Gasteiger partial charge is 0.455 e. The molecule has 0 aliphatic rings. The van der Waals surface area contributed by atoms with E-state index >= 15 is 0 Å². The normalized spacial score (nSPS) is 12.2. The number of nitrogen functional groups attached to an aromatic ring is 1. The van der Waals surface area contributed by atoms with Gasteiger partial charge in [0.1, 0.15) is 17.3 Å². The maximum atomic E-state index is 13.4. The Kier molecular flexibility index (Phi) is 4.05. The third kappa shape index (κ3) is 2.87. The Hall–Kier alpha value is -2.03. The predicted molar refractivity (Wildman–Crippen MR) is 76.0 cm³/mol. The summed E-state index contributed by atoms with van der Waals surface area (Å²) in [6, 6.07) is 12.4. The van der Waals surface area contributed by atoms with Crippen LogP contribution in [-0.4, -0.2) is 0 Å². The summed E-state index contributed by atoms with van der Waals surface area (Å²) in [6.07, 6.45) is 1.01. The third-order valence-corrected chi connectivity index (χ3v) is 3.30. The second kappa shape index (κ2) is 5.74. The van der Waals surface area contributed by atoms with Crippen molar-refractivity contribution in [2.24, 2.45) is 0 Å². The van der Waals surface area contributed by atoms with Gasteiger partial charge in [-0.05, 0) is 36.1 Å². The van der Waals surface area contributed by atoms with Crippen LogP contribution in [0.5, 0.6) is 11.5 Å². The lowest BCUT2D eigenvalue weighted by atomic mass is 9.98. The van der Waals surface area contributed by atoms with Gasteiger partial charge < -0.3 is 10.5 Å². The molecule has 0 aliphatic carbocycles. The second-order valence-corrected chi connectivity index (χ2v) is 4.60. The first kappa shape index (κ1) is 13.4. The van der Waals surface area contributed by atoms with Crippen LogP contribution in [0.3, 0.4) is 0 Å². The van der Waals surface area contributed by atoms with Crippen molar-refractivity contribution in [2.45, 2.75) is 26.2 Å². The van der Waals surface area contributed by atoms with Crippen molar-refractivity contribution in [3.8, 4) is 11.5 Å². The van der Waals surface area contributed by atoms with Crippen LogP contribution in [0.25, 0.3) is 0 Å². The first-order valence-electron chi connectivity index (χ1n) is 6.44. The van der Waals surface area contributed by atoms with Gasteiger partial charge in [-0.25, -0.2) is 4.39 Å². The number of benzene rings is 2. The number of halogens is 1. The molecule has 2 nitrogen and oxygen atoms in total. The second-order valence-electron chi connectivity index (χ2n) is 4.60. The zero-order valence-electron chi connectivity index (χ0n) is 11.2. The Morgan fingerprint density at radius 2 is 1.79 bits per heavy atom. The summed E-state index contributed by atoms with van der Waals surface area (Å²) in [5.74, 6) is 1.01. The standard InChI is InChI=1S/C16H18FNO/c1-3-11(2)12-7-4-5-9-14(12)19-15-10-6-8-13(17)16(15)18/h4-11H,3,18H2,1-2H3. The molecule has 0 spiro atoms. The van der Waals surface area contributed by atoms with E-state index in [1.54, 1.807) is 12.1 Å². The molecule has 2 N–H and O–H groups in total. The van der Waals surface area contributed by atoms with Crippen molar-refractivity contribution in [2.75, 3.05) is 5.73 Å². The zero-order chi connectivity index (χ0) is 13.8. The lowest BCUT2D eigenvalue weighted by molar-refractivity contribution is 0.468. The molecule has 100 valence electrons. The lowest BCUT2D eigenvalue weighted by Crippen LogP contribution is -1.99. The number of ether oxygens (including phenoxy) is 1. The topological polar surface area (TPSA) is 35.2 Å². The Balaban J connectivity index is 2.36. The highest BCUT2D eigenvalue weighted by molar-refractivity contribution is 5.55. The number of para-hydroxylation sites is 2. The molecule has 0 bridgehead atoms. The molecule has 0 saturated heterocycles. The molecule has 0 aliphatic heterocycles. The van der Waals surface area contributed by atoms with E-state index < -0.39 is 5.82 Å². The van der Waals surface area contributed by atoms with E-state index in [0.29, 0.717) is 11.7 Å². The number of hydrogen-bond donors (Lipinski definition) is 1. The molecular weight excluding hydrogens is 241 g/mol. The average Bonchev–Trinajstić information content (AvgIpc) is 2.43. The van der Waals surface area contributed by atoms with Gasteiger partial charge in [0.2, 0.25) is 0 Å². The van der Waals surface area contributed by atoms with Gasteiger partial charge in [0, 0.05) is 0 Å². The fourth-order valence-electron chi connectivity index (χ4n) is 1.93. The molecule has 0 saturated carbocycles. The Morgan fingerprint density at radius 1 is 1.11 bits per heavy atom. The van der Waals surface area contributed by atoms with Gasteiger partial charge in [0.15, 0.2) is 5.75 Å². The minimum Gasteiger partial charge on any atom is -0.455 e. The summed E-state index contributed by atoms with van der Waals surface area (Å²) in [6.45, 7) is 4.26. The van der Waals surface area contributed by atoms with E-state index in [1.807, 2.05) is 24.3 Å². The zero-order valence-corrected chi connectivity index (χ0v) is 11.2. The first-order chi connectivity index (χ1) is 9.13. The van der Waals surface area contributed by atoms with Crippen molar-refractivity contribution < 1.29 is 9.13 Å². The fourth-order valence-corrected chi connectivity index (χ4v) is 1.93. The van der Waals surface area contributed by atoms with E-state index in [2.05, 4.69) is 13.8 Å². The van der Waals surface area contributed by atoms with Gasteiger partial charge in [-0.2, -0.15) is 0 Å². The molecule has 2 aromatic rings. The van der Waals surface area contributed by atoms with Crippen LogP contribution in [0.15, 0.2) is 42.5 Å². The molecule has 1 atom stereocenters. The molecule has 2 rings (SSSR count). The van der Waals surface area contributed by atoms with E-state index in [0.717, 1.165) is 17.7 Å². The van der Waals surface area contributed by atoms with Crippen molar-refractivity contribution in [3.05, 3.63) is 53.8 Å². The number of rotatable bonds is 4. The molecule has 2 aromatic carbocycles. The smallest absolute Gasteiger partial charge is 0.153 e. The average molecular weight is 259 g/mol. The van der Waals surface area contributed by atoms with E-state index in [-0.39, 0.29) is 5.69 Å². The van der Waals surface area contributed by atoms with Gasteiger partial charge in [-0.1, -0.05) is 38.1 Å². The SMILES string of the molecule is CCC(C)c1ccccc1Oc1cccc(F)c1N. The molecule has 0 heterocycles. The number of anilines is 1. The van der Waals surface area contributed by atoms with E-state index in [4.69, 9.17) is 10.5 Å². The number of nitrogens with two attached hydrogens (primary N) is 1. The molecule has 3 heteroatoms. The molecule has 1 unspecified atom stereocenters. The van der Waals surface area contributed by atoms with Gasteiger partial charge >= 0.3 is 0 Å². The maximum Gasteiger partial charge on any atom is 0.153 e. The third-order valence-electron chi connectivity index (χ3n) is 3.30. The van der Waals surface area contributed by atoms with E-state index in [1.165, 1.54) is 6.07 Å². The summed E-state index contributed by atoms with van der Waals surface area (Å²) < 4.78 is 19.2. The van der Waals surface area contributed by atoms with Crippen molar-refractivity contribution in [1.29, 1.82) is 0 Å². The molecule has 0 radical (unpaired) electrons. The lowest BCUT2D eigenvalue weighted by Gasteiger charge is -2.16. The Labute approximate surface area is 113 Å². The van der Waals surface area contributed by atoms with Crippen LogP contribution < -0.4 is 10.5 Å². The highest BCUT2D eigenvalue weighted by Crippen LogP contribution is 2.34. The van der Waals surface area contributed by atoms with Crippen LogP contribution in [-0.2, 0) is 0 Å². The Morgan fingerprint density at radius 3 is 2.53 bits per heavy atom. The molecular formula is C16H18FNO. The molecule has 0 fully saturated rings. The fraction of sp³-hybridized carbons (Fsp3) is 0.250. The predicted octanol–water partition coefficient (Wildman–Crippen LogP) is 4.71. The minimum absolute atomic E-state index is 0.0430. The van der Waals surface area contributed by atoms with Crippen LogP contribution in [0, 0.1) is 5.82 Å². The summed E-state index contributed by atoms with van der Waals surface area (Å²) in [4.78, 5) is 0.